The fraction of sp³-hybridized carbons (Fsp3) is 0.0909. The second kappa shape index (κ2) is 8.55. The summed E-state index contributed by atoms with van der Waals surface area (Å²) in [5.41, 5.74) is 8.73. The third kappa shape index (κ3) is 4.62. The predicted molar refractivity (Wildman–Crippen MR) is 127 cm³/mol. The molecule has 0 atom stereocenters. The van der Waals surface area contributed by atoms with E-state index in [-0.39, 0.29) is 10.6 Å². The summed E-state index contributed by atoms with van der Waals surface area (Å²) in [5, 5.41) is 4.00. The molecule has 0 bridgehead atoms. The minimum atomic E-state index is -3.60. The fourth-order valence-corrected chi connectivity index (χ4v) is 6.21. The Hall–Kier alpha value is -2.12. The molecule has 3 aromatic rings. The number of sulfone groups is 1. The average molecular weight is 477 g/mol. The number of nitrogens with two attached hydrogens (primary N) is 1. The number of fused-ring (bicyclic) bond motifs is 1. The molecule has 1 heterocycles. The van der Waals surface area contributed by atoms with Crippen molar-refractivity contribution in [2.75, 3.05) is 17.6 Å². The Labute approximate surface area is 190 Å². The van der Waals surface area contributed by atoms with E-state index in [1.807, 2.05) is 30.3 Å². The lowest BCUT2D eigenvalue weighted by atomic mass is 10.2. The van der Waals surface area contributed by atoms with E-state index in [2.05, 4.69) is 11.4 Å². The van der Waals surface area contributed by atoms with Crippen LogP contribution in [0.25, 0.3) is 6.08 Å². The second-order valence-electron chi connectivity index (χ2n) is 6.85. The summed E-state index contributed by atoms with van der Waals surface area (Å²) in [6, 6.07) is 17.7. The van der Waals surface area contributed by atoms with Gasteiger partial charge in [-0.25, -0.2) is 8.42 Å². The zero-order chi connectivity index (χ0) is 21.3. The number of nitrogens with one attached hydrogen (secondary N) is 1. The Kier molecular flexibility index (Phi) is 6.02. The summed E-state index contributed by atoms with van der Waals surface area (Å²) < 4.78 is 25.9. The number of rotatable bonds is 4. The Morgan fingerprint density at radius 3 is 2.43 bits per heavy atom. The fourth-order valence-electron chi connectivity index (χ4n) is 3.09. The molecule has 154 valence electrons. The predicted octanol–water partition coefficient (Wildman–Crippen LogP) is 6.11. The molecular weight excluding hydrogens is 459 g/mol. The SMILES string of the molecule is Nc1ccc(C=C2CNc3cc(S(=O)(=O)Cc4c(Cl)cccc4Cl)ccc3S2)cc1. The van der Waals surface area contributed by atoms with Crippen LogP contribution in [0, 0.1) is 0 Å². The molecule has 30 heavy (non-hydrogen) atoms. The van der Waals surface area contributed by atoms with Crippen LogP contribution >= 0.6 is 35.0 Å². The zero-order valence-corrected chi connectivity index (χ0v) is 18.9. The zero-order valence-electron chi connectivity index (χ0n) is 15.7. The van der Waals surface area contributed by atoms with E-state index in [1.54, 1.807) is 42.1 Å². The average Bonchev–Trinajstić information content (AvgIpc) is 2.72. The van der Waals surface area contributed by atoms with Gasteiger partial charge in [0.1, 0.15) is 0 Å². The van der Waals surface area contributed by atoms with Crippen LogP contribution in [0.3, 0.4) is 0 Å². The lowest BCUT2D eigenvalue weighted by Crippen LogP contribution is -2.11. The molecule has 8 heteroatoms. The Balaban J connectivity index is 1.57. The number of hydrogen-bond donors (Lipinski definition) is 2. The number of nitrogen functional groups attached to an aromatic ring is 1. The molecule has 1 aliphatic rings. The lowest BCUT2D eigenvalue weighted by molar-refractivity contribution is 0.595. The van der Waals surface area contributed by atoms with Crippen molar-refractivity contribution in [1.82, 2.24) is 0 Å². The van der Waals surface area contributed by atoms with Gasteiger partial charge in [0.2, 0.25) is 0 Å². The highest BCUT2D eigenvalue weighted by molar-refractivity contribution is 8.03. The van der Waals surface area contributed by atoms with Crippen molar-refractivity contribution in [2.24, 2.45) is 0 Å². The van der Waals surface area contributed by atoms with Crippen LogP contribution in [-0.2, 0) is 15.6 Å². The van der Waals surface area contributed by atoms with Crippen LogP contribution in [-0.4, -0.2) is 15.0 Å². The van der Waals surface area contributed by atoms with Crippen molar-refractivity contribution in [3.8, 4) is 0 Å². The summed E-state index contributed by atoms with van der Waals surface area (Å²) in [5.74, 6) is -0.250. The van der Waals surface area contributed by atoms with Gasteiger partial charge in [0.15, 0.2) is 9.84 Å². The van der Waals surface area contributed by atoms with Gasteiger partial charge in [-0.1, -0.05) is 53.2 Å². The Bertz CT molecular complexity index is 1220. The number of halogens is 2. The molecule has 0 radical (unpaired) electrons. The maximum atomic E-state index is 13.0. The number of thioether (sulfide) groups is 1. The van der Waals surface area contributed by atoms with Crippen LogP contribution in [0.1, 0.15) is 11.1 Å². The van der Waals surface area contributed by atoms with Crippen LogP contribution in [0.4, 0.5) is 11.4 Å². The van der Waals surface area contributed by atoms with Crippen molar-refractivity contribution in [3.05, 3.63) is 86.7 Å². The number of anilines is 2. The molecule has 0 amide bonds. The smallest absolute Gasteiger partial charge is 0.182 e. The largest absolute Gasteiger partial charge is 0.399 e. The summed E-state index contributed by atoms with van der Waals surface area (Å²) in [6.07, 6.45) is 2.09. The van der Waals surface area contributed by atoms with Gasteiger partial charge in [-0.05, 0) is 54.1 Å². The van der Waals surface area contributed by atoms with E-state index in [4.69, 9.17) is 28.9 Å². The van der Waals surface area contributed by atoms with Crippen molar-refractivity contribution in [1.29, 1.82) is 0 Å². The summed E-state index contributed by atoms with van der Waals surface area (Å²) >= 11 is 13.9. The van der Waals surface area contributed by atoms with Crippen LogP contribution in [0.2, 0.25) is 10.0 Å². The third-order valence-electron chi connectivity index (χ3n) is 4.66. The van der Waals surface area contributed by atoms with E-state index in [1.165, 1.54) is 0 Å². The number of hydrogen-bond acceptors (Lipinski definition) is 5. The molecule has 4 rings (SSSR count). The van der Waals surface area contributed by atoms with Gasteiger partial charge in [0, 0.05) is 43.3 Å². The third-order valence-corrected chi connectivity index (χ3v) is 8.11. The standard InChI is InChI=1S/C22H18Cl2N2O2S2/c23-19-2-1-3-20(24)18(19)13-30(27,28)17-8-9-22-21(11-17)26-12-16(29-22)10-14-4-6-15(25)7-5-14/h1-11,26H,12-13,25H2. The summed E-state index contributed by atoms with van der Waals surface area (Å²) in [6.45, 7) is 0.613. The first-order valence-corrected chi connectivity index (χ1v) is 12.3. The molecule has 0 aromatic heterocycles. The quantitative estimate of drug-likeness (QED) is 0.444. The lowest BCUT2D eigenvalue weighted by Gasteiger charge is -2.21. The monoisotopic (exact) mass is 476 g/mol. The first-order chi connectivity index (χ1) is 14.3. The molecule has 0 spiro atoms. The minimum Gasteiger partial charge on any atom is -0.399 e. The highest BCUT2D eigenvalue weighted by Crippen LogP contribution is 2.40. The molecule has 0 fully saturated rings. The van der Waals surface area contributed by atoms with Gasteiger partial charge in [0.25, 0.3) is 0 Å². The van der Waals surface area contributed by atoms with E-state index in [0.29, 0.717) is 22.2 Å². The number of benzene rings is 3. The van der Waals surface area contributed by atoms with Gasteiger partial charge in [0.05, 0.1) is 10.6 Å². The topological polar surface area (TPSA) is 72.2 Å². The highest BCUT2D eigenvalue weighted by Gasteiger charge is 2.22. The maximum absolute atomic E-state index is 13.0. The van der Waals surface area contributed by atoms with Crippen molar-refractivity contribution in [3.63, 3.8) is 0 Å². The molecule has 3 aromatic carbocycles. The normalized spacial score (nSPS) is 14.9. The second-order valence-corrected chi connectivity index (χ2v) is 10.8. The van der Waals surface area contributed by atoms with Crippen LogP contribution < -0.4 is 11.1 Å². The van der Waals surface area contributed by atoms with E-state index >= 15 is 0 Å². The molecule has 3 N–H and O–H groups in total. The molecule has 4 nitrogen and oxygen atoms in total. The Morgan fingerprint density at radius 2 is 1.73 bits per heavy atom. The molecule has 0 saturated carbocycles. The van der Waals surface area contributed by atoms with Crippen molar-refractivity contribution >= 4 is 62.3 Å². The molecular formula is C22H18Cl2N2O2S2. The first-order valence-electron chi connectivity index (χ1n) is 9.09. The van der Waals surface area contributed by atoms with E-state index in [0.717, 1.165) is 26.7 Å². The van der Waals surface area contributed by atoms with Gasteiger partial charge in [-0.15, -0.1) is 0 Å². The van der Waals surface area contributed by atoms with Gasteiger partial charge in [-0.2, -0.15) is 0 Å². The van der Waals surface area contributed by atoms with Gasteiger partial charge >= 0.3 is 0 Å². The Morgan fingerprint density at radius 1 is 1.03 bits per heavy atom. The summed E-state index contributed by atoms with van der Waals surface area (Å²) in [7, 11) is -3.60. The molecule has 1 aliphatic heterocycles. The molecule has 0 saturated heterocycles. The summed E-state index contributed by atoms with van der Waals surface area (Å²) in [4.78, 5) is 2.33. The molecule has 0 unspecified atom stereocenters. The highest BCUT2D eigenvalue weighted by atomic mass is 35.5. The van der Waals surface area contributed by atoms with Gasteiger partial charge < -0.3 is 11.1 Å². The first kappa shape index (κ1) is 21.1. The maximum Gasteiger partial charge on any atom is 0.182 e. The van der Waals surface area contributed by atoms with E-state index in [9.17, 15) is 8.42 Å². The van der Waals surface area contributed by atoms with E-state index < -0.39 is 9.84 Å². The minimum absolute atomic E-state index is 0.233. The van der Waals surface area contributed by atoms with Crippen molar-refractivity contribution < 1.29 is 8.42 Å². The van der Waals surface area contributed by atoms with Gasteiger partial charge in [-0.3, -0.25) is 0 Å². The molecule has 0 aliphatic carbocycles. The van der Waals surface area contributed by atoms with Crippen molar-refractivity contribution in [2.45, 2.75) is 15.5 Å². The van der Waals surface area contributed by atoms with Crippen LogP contribution in [0.5, 0.6) is 0 Å². The van der Waals surface area contributed by atoms with Crippen LogP contribution in [0.15, 0.2) is 75.4 Å².